The molecule has 0 aliphatic rings. The van der Waals surface area contributed by atoms with E-state index in [4.69, 9.17) is 0 Å². The second kappa shape index (κ2) is 26.9. The summed E-state index contributed by atoms with van der Waals surface area (Å²) in [6.07, 6.45) is 17.7. The molecule has 46 heavy (non-hydrogen) atoms. The third-order valence-electron chi connectivity index (χ3n) is 6.54. The van der Waals surface area contributed by atoms with Crippen molar-refractivity contribution in [3.63, 3.8) is 0 Å². The van der Waals surface area contributed by atoms with Crippen molar-refractivity contribution in [1.82, 2.24) is 9.13 Å². The molecule has 14 heteroatoms. The van der Waals surface area contributed by atoms with Crippen molar-refractivity contribution in [2.75, 3.05) is 0 Å². The maximum Gasteiger partial charge on any atom is 1.00 e. The maximum atomic E-state index is 3.48. The van der Waals surface area contributed by atoms with Crippen LogP contribution in [0.1, 0.15) is 125 Å². The van der Waals surface area contributed by atoms with Gasteiger partial charge in [0.25, 0.3) is 0 Å². The van der Waals surface area contributed by atoms with Gasteiger partial charge in [-0.25, -0.2) is 0 Å². The third kappa shape index (κ3) is 25.3. The summed E-state index contributed by atoms with van der Waals surface area (Å²) in [5.41, 5.74) is 0.217. The van der Waals surface area contributed by atoms with Gasteiger partial charge in [0, 0.05) is 0 Å². The van der Waals surface area contributed by atoms with Crippen LogP contribution in [0.5, 0.6) is 0 Å². The Kier molecular flexibility index (Phi) is 40.4. The van der Waals surface area contributed by atoms with E-state index in [0.717, 1.165) is 12.6 Å². The van der Waals surface area contributed by atoms with Gasteiger partial charge in [0.1, 0.15) is 0 Å². The number of nitrogens with zero attached hydrogens (tertiary/aromatic N) is 4. The Balaban J connectivity index is -0.0000000891. The molecular formula is C32H62Ag4I4N4P2. The van der Waals surface area contributed by atoms with E-state index < -0.39 is 0 Å². The van der Waals surface area contributed by atoms with Crippen LogP contribution in [0.25, 0.3) is 0 Å². The summed E-state index contributed by atoms with van der Waals surface area (Å²) in [6.45, 7) is 41.7. The smallest absolute Gasteiger partial charge is 1.00 e. The van der Waals surface area contributed by atoms with Gasteiger partial charge >= 0.3 is 89.5 Å². The Labute approximate surface area is 419 Å². The molecule has 0 aliphatic carbocycles. The van der Waals surface area contributed by atoms with Crippen LogP contribution in [-0.4, -0.2) is 29.8 Å². The molecule has 0 aromatic carbocycles. The number of halogens is 4. The van der Waals surface area contributed by atoms with Gasteiger partial charge in [-0.3, -0.25) is 0 Å². The Hall–Kier alpha value is 5.16. The molecule has 0 spiro atoms. The summed E-state index contributed by atoms with van der Waals surface area (Å²) in [6, 6.07) is 0. The van der Waals surface area contributed by atoms with E-state index in [1.165, 1.54) is 0 Å². The molecule has 2 aromatic rings. The number of imidazole rings is 2. The fraction of sp³-hybridized carbons (Fsp3) is 0.812. The van der Waals surface area contributed by atoms with Gasteiger partial charge in [0.15, 0.2) is 0 Å². The Morgan fingerprint density at radius 2 is 0.630 bits per heavy atom. The number of hydrogen-bond donors (Lipinski definition) is 0. The molecule has 0 unspecified atom stereocenters. The van der Waals surface area contributed by atoms with Gasteiger partial charge in [-0.15, -0.1) is 0 Å². The molecule has 292 valence electrons. The number of hydrogen-bond acceptors (Lipinski definition) is 0. The van der Waals surface area contributed by atoms with E-state index in [1.54, 1.807) is 0 Å². The molecule has 0 fully saturated rings. The topological polar surface area (TPSA) is 17.6 Å². The van der Waals surface area contributed by atoms with Crippen LogP contribution in [0, 0.1) is 12.7 Å². The summed E-state index contributed by atoms with van der Waals surface area (Å²) in [5.74, 6) is 0. The minimum atomic E-state index is -0.123. The van der Waals surface area contributed by atoms with E-state index in [-0.39, 0.29) is 212 Å². The van der Waals surface area contributed by atoms with Gasteiger partial charge in [0.05, 0.1) is 23.6 Å². The summed E-state index contributed by atoms with van der Waals surface area (Å²) < 4.78 is 8.83. The van der Waals surface area contributed by atoms with Gasteiger partial charge in [-0.2, -0.15) is 0 Å². The molecule has 0 saturated carbocycles. The average molecular weight is 1500 g/mol. The zero-order valence-electron chi connectivity index (χ0n) is 31.1. The van der Waals surface area contributed by atoms with Crippen LogP contribution in [0.4, 0.5) is 0 Å². The second-order valence-corrected chi connectivity index (χ2v) is 24.3. The maximum absolute atomic E-state index is 3.48. The van der Waals surface area contributed by atoms with E-state index in [0.29, 0.717) is 20.6 Å². The predicted molar refractivity (Wildman–Crippen MR) is 170 cm³/mol. The zero-order chi connectivity index (χ0) is 30.1. The monoisotopic (exact) mass is 1500 g/mol. The van der Waals surface area contributed by atoms with E-state index in [9.17, 15) is 0 Å². The Bertz CT molecular complexity index is 919. The molecule has 4 nitrogen and oxygen atoms in total. The molecule has 0 radical (unpaired) electrons. The standard InChI is InChI=1S/2C16H31N2P.4Ag.4HI/c2*1-14(2,3)18-11-10-17(12-18)13-19(15(4,5)6)16(7,8)9;;;;;;;;/h2*10-11H,13H2,1-9H3;;;;;4*1H/q;;4*+1;;;;/p-4. The summed E-state index contributed by atoms with van der Waals surface area (Å²) >= 11 is 0. The normalized spacial score (nSPS) is 11.7. The fourth-order valence-corrected chi connectivity index (χ4v) is 11.4. The Morgan fingerprint density at radius 3 is 0.761 bits per heavy atom. The first-order valence-corrected chi connectivity index (χ1v) is 17.3. The van der Waals surface area contributed by atoms with Gasteiger partial charge in [-0.05, 0) is 87.0 Å². The van der Waals surface area contributed by atoms with Gasteiger partial charge in [0.2, 0.25) is 12.7 Å². The molecule has 0 N–H and O–H groups in total. The first-order valence-electron chi connectivity index (χ1n) is 14.2. The molecule has 0 atom stereocenters. The summed E-state index contributed by atoms with van der Waals surface area (Å²) in [4.78, 5) is 0. The van der Waals surface area contributed by atoms with Crippen LogP contribution in [0.15, 0.2) is 24.8 Å². The first-order chi connectivity index (χ1) is 16.6. The van der Waals surface area contributed by atoms with Crippen molar-refractivity contribution in [2.24, 2.45) is 0 Å². The van der Waals surface area contributed by atoms with Crippen LogP contribution in [0.2, 0.25) is 0 Å². The van der Waals surface area contributed by atoms with Crippen LogP contribution in [0.3, 0.4) is 0 Å². The van der Waals surface area contributed by atoms with Gasteiger partial charge in [-0.1, -0.05) is 98.9 Å². The first kappa shape index (κ1) is 69.1. The van der Waals surface area contributed by atoms with Crippen LogP contribution in [-0.2, 0) is 113 Å². The molecule has 0 saturated heterocycles. The molecule has 2 aromatic heterocycles. The van der Waals surface area contributed by atoms with E-state index in [1.807, 2.05) is 0 Å². The van der Waals surface area contributed by atoms with Crippen LogP contribution < -0.4 is 105 Å². The van der Waals surface area contributed by atoms with Crippen molar-refractivity contribution in [3.05, 3.63) is 37.4 Å². The largest absolute Gasteiger partial charge is 1.00 e. The number of aromatic nitrogens is 4. The van der Waals surface area contributed by atoms with E-state index >= 15 is 0 Å². The van der Waals surface area contributed by atoms with Crippen molar-refractivity contribution >= 4 is 15.8 Å². The van der Waals surface area contributed by atoms with Crippen LogP contribution >= 0.6 is 15.8 Å². The minimum absolute atomic E-state index is 0. The van der Waals surface area contributed by atoms with Crippen molar-refractivity contribution in [3.8, 4) is 0 Å². The molecule has 0 aliphatic heterocycles. The molecule has 0 bridgehead atoms. The molecule has 2 heterocycles. The zero-order valence-corrected chi connectivity index (χ0v) is 47.5. The SMILES string of the molecule is CC(C)(C)[n+]1[c-]n(CP(C(C)(C)C)C(C)(C)C)cc1.CC(C)(C)[n+]1[c-]n(CP(C(C)(C)C)C(C)(C)C)cc1.[Ag+].[Ag+].[Ag+].[Ag+].[I-].[I-].[I-].[I-]. The second-order valence-electron chi connectivity index (χ2n) is 16.6. The number of rotatable bonds is 4. The van der Waals surface area contributed by atoms with Crippen molar-refractivity contribution < 1.29 is 195 Å². The predicted octanol–water partition coefficient (Wildman–Crippen LogP) is -3.26. The fourth-order valence-electron chi connectivity index (χ4n) is 4.77. The summed E-state index contributed by atoms with van der Waals surface area (Å²) in [5, 5.41) is 1.44. The van der Waals surface area contributed by atoms with Gasteiger partial charge < -0.3 is 114 Å². The molecule has 0 amide bonds. The van der Waals surface area contributed by atoms with E-state index in [2.05, 4.69) is 180 Å². The van der Waals surface area contributed by atoms with Crippen molar-refractivity contribution in [1.29, 1.82) is 0 Å². The van der Waals surface area contributed by atoms with Crippen molar-refractivity contribution in [2.45, 2.75) is 169 Å². The minimum Gasteiger partial charge on any atom is -1.00 e. The quantitative estimate of drug-likeness (QED) is 0.101. The molecule has 2 rings (SSSR count). The summed E-state index contributed by atoms with van der Waals surface area (Å²) in [7, 11) is -0.246. The average Bonchev–Trinajstić information content (AvgIpc) is 3.30. The third-order valence-corrected chi connectivity index (χ3v) is 14.2. The Morgan fingerprint density at radius 1 is 0.435 bits per heavy atom. The molecular weight excluding hydrogens is 1440 g/mol.